The highest BCUT2D eigenvalue weighted by Gasteiger charge is 2.25. The molecule has 0 aliphatic carbocycles. The molecule has 0 radical (unpaired) electrons. The maximum atomic E-state index is 12.4. The number of phosphoric ester groups is 1. The molecule has 0 bridgehead atoms. The number of hydrogen-bond acceptors (Lipinski definition) is 7. The average molecular weight is 807 g/mol. The van der Waals surface area contributed by atoms with Gasteiger partial charge in [0.1, 0.15) is 12.2 Å². The molecule has 0 saturated heterocycles. The molecule has 0 fully saturated rings. The van der Waals surface area contributed by atoms with Gasteiger partial charge >= 0.3 is 7.82 Å². The summed E-state index contributed by atoms with van der Waals surface area (Å²) in [5.74, 6) is 5.95. The van der Waals surface area contributed by atoms with E-state index in [0.717, 1.165) is 54.8 Å². The highest BCUT2D eigenvalue weighted by atomic mass is 31.2. The third-order valence-electron chi connectivity index (χ3n) is 11.6. The number of aliphatic hydroxyl groups excluding tert-OH is 2. The Hall–Kier alpha value is -0.0500. The van der Waals surface area contributed by atoms with Crippen molar-refractivity contribution in [2.75, 3.05) is 39.6 Å². The topological polar surface area (TPSA) is 115 Å². The highest BCUT2D eigenvalue weighted by molar-refractivity contribution is 7.47. The largest absolute Gasteiger partial charge is 0.472 e. The van der Waals surface area contributed by atoms with Crippen LogP contribution in [0.3, 0.4) is 0 Å². The molecule has 3 N–H and O–H groups in total. The number of hydrogen-bond donors (Lipinski definition) is 3. The van der Waals surface area contributed by atoms with Gasteiger partial charge in [0.05, 0.1) is 26.4 Å². The molecular weight excluding hydrogens is 711 g/mol. The molecule has 55 heavy (non-hydrogen) atoms. The maximum Gasteiger partial charge on any atom is 0.472 e. The Kier molecular flexibility index (Phi) is 34.7. The molecule has 0 spiro atoms. The van der Waals surface area contributed by atoms with Gasteiger partial charge < -0.3 is 24.6 Å². The van der Waals surface area contributed by atoms with Crippen molar-refractivity contribution in [3.05, 3.63) is 0 Å². The van der Waals surface area contributed by atoms with Gasteiger partial charge in [-0.2, -0.15) is 0 Å². The van der Waals surface area contributed by atoms with Crippen molar-refractivity contribution < 1.29 is 38.2 Å². The summed E-state index contributed by atoms with van der Waals surface area (Å²) in [4.78, 5) is 10.1. The smallest absolute Gasteiger partial charge is 0.394 e. The van der Waals surface area contributed by atoms with E-state index >= 15 is 0 Å². The summed E-state index contributed by atoms with van der Waals surface area (Å²) in [6.07, 6.45) is 23.7. The van der Waals surface area contributed by atoms with Gasteiger partial charge in [0, 0.05) is 13.2 Å². The molecule has 0 aromatic rings. The minimum atomic E-state index is -4.42. The van der Waals surface area contributed by atoms with Crippen molar-refractivity contribution in [2.24, 2.45) is 47.3 Å². The molecule has 9 heteroatoms. The van der Waals surface area contributed by atoms with E-state index in [1.54, 1.807) is 0 Å². The SMILES string of the molecule is CC(C)CCCC(C)CCCC(C)CCCC(C)CCOC[C@H](COP(=O)(O)OCC(O)CO)OCCC(C)CCCC(C)CCCC(C)CCCC(C)C. The molecule has 8 unspecified atom stereocenters. The zero-order valence-corrected chi connectivity index (χ0v) is 38.9. The molecule has 332 valence electrons. The second-order valence-electron chi connectivity index (χ2n) is 19.0. The van der Waals surface area contributed by atoms with Crippen molar-refractivity contribution in [2.45, 2.75) is 210 Å². The van der Waals surface area contributed by atoms with Gasteiger partial charge in [-0.05, 0) is 60.2 Å². The van der Waals surface area contributed by atoms with E-state index < -0.39 is 33.2 Å². The summed E-state index contributed by atoms with van der Waals surface area (Å²) in [6, 6.07) is 0. The first-order valence-electron chi connectivity index (χ1n) is 23.1. The highest BCUT2D eigenvalue weighted by Crippen LogP contribution is 2.43. The van der Waals surface area contributed by atoms with Crippen LogP contribution in [0.5, 0.6) is 0 Å². The van der Waals surface area contributed by atoms with Crippen LogP contribution in [0.15, 0.2) is 0 Å². The van der Waals surface area contributed by atoms with Crippen molar-refractivity contribution in [3.8, 4) is 0 Å². The van der Waals surface area contributed by atoms with Gasteiger partial charge in [0.25, 0.3) is 0 Å². The molecule has 0 saturated carbocycles. The predicted octanol–water partition coefficient (Wildman–Crippen LogP) is 12.8. The number of ether oxygens (including phenoxy) is 2. The number of rotatable bonds is 40. The molecule has 0 heterocycles. The predicted molar refractivity (Wildman–Crippen MR) is 232 cm³/mol. The summed E-state index contributed by atoms with van der Waals surface area (Å²) in [7, 11) is -4.42. The van der Waals surface area contributed by atoms with E-state index in [1.807, 2.05) is 0 Å². The van der Waals surface area contributed by atoms with E-state index in [-0.39, 0.29) is 13.2 Å². The van der Waals surface area contributed by atoms with Gasteiger partial charge in [0.15, 0.2) is 0 Å². The van der Waals surface area contributed by atoms with Gasteiger partial charge in [0.2, 0.25) is 0 Å². The second kappa shape index (κ2) is 34.8. The van der Waals surface area contributed by atoms with Crippen molar-refractivity contribution in [3.63, 3.8) is 0 Å². The molecular formula is C46H95O8P. The Balaban J connectivity index is 4.50. The van der Waals surface area contributed by atoms with Gasteiger partial charge in [-0.1, -0.05) is 185 Å². The fraction of sp³-hybridized carbons (Fsp3) is 1.00. The number of aliphatic hydroxyl groups is 2. The summed E-state index contributed by atoms with van der Waals surface area (Å²) in [5.41, 5.74) is 0. The summed E-state index contributed by atoms with van der Waals surface area (Å²) >= 11 is 0. The molecule has 8 nitrogen and oxygen atoms in total. The fourth-order valence-electron chi connectivity index (χ4n) is 7.40. The van der Waals surface area contributed by atoms with Crippen LogP contribution in [-0.4, -0.2) is 67.0 Å². The lowest BCUT2D eigenvalue weighted by atomic mass is 9.91. The summed E-state index contributed by atoms with van der Waals surface area (Å²) in [5, 5.41) is 18.5. The molecule has 9 atom stereocenters. The maximum absolute atomic E-state index is 12.4. The Labute approximate surface area is 342 Å². The third-order valence-corrected chi connectivity index (χ3v) is 12.6. The Bertz CT molecular complexity index is 888. The van der Waals surface area contributed by atoms with E-state index in [9.17, 15) is 14.6 Å². The molecule has 0 aromatic heterocycles. The van der Waals surface area contributed by atoms with E-state index in [1.165, 1.54) is 109 Å². The van der Waals surface area contributed by atoms with Crippen LogP contribution in [0.4, 0.5) is 0 Å². The van der Waals surface area contributed by atoms with E-state index in [2.05, 4.69) is 69.2 Å². The lowest BCUT2D eigenvalue weighted by Crippen LogP contribution is -2.27. The minimum Gasteiger partial charge on any atom is -0.394 e. The third kappa shape index (κ3) is 36.7. The van der Waals surface area contributed by atoms with Crippen molar-refractivity contribution >= 4 is 7.82 Å². The molecule has 0 aliphatic rings. The zero-order chi connectivity index (χ0) is 41.5. The molecule has 0 aromatic carbocycles. The van der Waals surface area contributed by atoms with Crippen LogP contribution in [0.25, 0.3) is 0 Å². The summed E-state index contributed by atoms with van der Waals surface area (Å²) < 4.78 is 34.6. The van der Waals surface area contributed by atoms with E-state index in [4.69, 9.17) is 23.6 Å². The van der Waals surface area contributed by atoms with Crippen LogP contribution >= 0.6 is 7.82 Å². The minimum absolute atomic E-state index is 0.157. The lowest BCUT2D eigenvalue weighted by molar-refractivity contribution is -0.0492. The van der Waals surface area contributed by atoms with Crippen molar-refractivity contribution in [1.82, 2.24) is 0 Å². The Morgan fingerprint density at radius 1 is 0.455 bits per heavy atom. The lowest BCUT2D eigenvalue weighted by Gasteiger charge is -2.22. The molecule has 0 rings (SSSR count). The first-order valence-corrected chi connectivity index (χ1v) is 24.6. The second-order valence-corrected chi connectivity index (χ2v) is 20.5. The first kappa shape index (κ1) is 55.0. The van der Waals surface area contributed by atoms with E-state index in [0.29, 0.717) is 25.0 Å². The Morgan fingerprint density at radius 3 is 1.15 bits per heavy atom. The van der Waals surface area contributed by atoms with Crippen LogP contribution < -0.4 is 0 Å². The van der Waals surface area contributed by atoms with Gasteiger partial charge in [-0.15, -0.1) is 0 Å². The zero-order valence-electron chi connectivity index (χ0n) is 38.0. The monoisotopic (exact) mass is 807 g/mol. The Morgan fingerprint density at radius 2 is 0.782 bits per heavy atom. The first-order chi connectivity index (χ1) is 26.0. The summed E-state index contributed by atoms with van der Waals surface area (Å²) in [6.45, 7) is 23.7. The van der Waals surface area contributed by atoms with Crippen LogP contribution in [0.1, 0.15) is 198 Å². The van der Waals surface area contributed by atoms with Gasteiger partial charge in [-0.3, -0.25) is 9.05 Å². The fourth-order valence-corrected chi connectivity index (χ4v) is 8.19. The van der Waals surface area contributed by atoms with Crippen LogP contribution in [0, 0.1) is 47.3 Å². The van der Waals surface area contributed by atoms with Crippen LogP contribution in [0.2, 0.25) is 0 Å². The average Bonchev–Trinajstić information content (AvgIpc) is 3.10. The standard InChI is InChI=1S/C46H95O8P/c1-37(2)17-11-19-39(5)21-13-23-41(7)25-15-27-43(9)29-31-51-35-46(36-54-55(49,50)53-34-45(48)33-47)52-32-30-44(10)28-16-26-42(8)24-14-22-40(6)20-12-18-38(3)4/h37-48H,11-36H2,1-10H3,(H,49,50)/t39?,40?,41?,42?,43?,44?,45?,46-/m1/s1. The molecule has 0 aliphatic heterocycles. The normalized spacial score (nSPS) is 17.9. The number of phosphoric acid groups is 1. The van der Waals surface area contributed by atoms with Gasteiger partial charge in [-0.25, -0.2) is 4.57 Å². The van der Waals surface area contributed by atoms with Crippen LogP contribution in [-0.2, 0) is 23.1 Å². The quantitative estimate of drug-likeness (QED) is 0.0414. The van der Waals surface area contributed by atoms with Crippen molar-refractivity contribution in [1.29, 1.82) is 0 Å². The molecule has 0 amide bonds.